The van der Waals surface area contributed by atoms with Gasteiger partial charge in [0.2, 0.25) is 5.91 Å². The third-order valence-corrected chi connectivity index (χ3v) is 3.26. The number of hydrogen-bond donors (Lipinski definition) is 2. The Morgan fingerprint density at radius 3 is 2.48 bits per heavy atom. The van der Waals surface area contributed by atoms with Gasteiger partial charge in [0.05, 0.1) is 13.7 Å². The highest BCUT2D eigenvalue weighted by atomic mass is 79.9. The summed E-state index contributed by atoms with van der Waals surface area (Å²) in [6.45, 7) is 0.0435. The van der Waals surface area contributed by atoms with Gasteiger partial charge in [-0.05, 0) is 36.4 Å². The topological polar surface area (TPSA) is 50.4 Å². The number of carbonyl (C=O) groups is 1. The molecular weight excluding hydrogens is 339 g/mol. The van der Waals surface area contributed by atoms with Crippen LogP contribution < -0.4 is 15.4 Å². The Morgan fingerprint density at radius 2 is 1.86 bits per heavy atom. The largest absolute Gasteiger partial charge is 0.494 e. The summed E-state index contributed by atoms with van der Waals surface area (Å²) >= 11 is 3.32. The molecular formula is C15H14BrFN2O2. The molecule has 0 spiro atoms. The van der Waals surface area contributed by atoms with E-state index in [1.165, 1.54) is 19.2 Å². The molecule has 0 radical (unpaired) electrons. The van der Waals surface area contributed by atoms with Crippen LogP contribution in [0.3, 0.4) is 0 Å². The predicted molar refractivity (Wildman–Crippen MR) is 84.2 cm³/mol. The van der Waals surface area contributed by atoms with Crippen LogP contribution in [0.15, 0.2) is 46.9 Å². The lowest BCUT2D eigenvalue weighted by Crippen LogP contribution is -2.21. The maximum Gasteiger partial charge on any atom is 0.243 e. The standard InChI is InChI=1S/C15H14BrFN2O2/c1-21-14-7-6-12(8-13(14)17)18-9-15(20)19-11-4-2-10(16)3-5-11/h2-8,18H,9H2,1H3,(H,19,20). The molecule has 21 heavy (non-hydrogen) atoms. The highest BCUT2D eigenvalue weighted by Gasteiger charge is 2.05. The number of benzene rings is 2. The molecule has 4 nitrogen and oxygen atoms in total. The van der Waals surface area contributed by atoms with Crippen molar-refractivity contribution in [2.24, 2.45) is 0 Å². The molecule has 0 saturated heterocycles. The van der Waals surface area contributed by atoms with Gasteiger partial charge >= 0.3 is 0 Å². The second-order valence-electron chi connectivity index (χ2n) is 4.26. The zero-order valence-electron chi connectivity index (χ0n) is 11.3. The highest BCUT2D eigenvalue weighted by Crippen LogP contribution is 2.20. The summed E-state index contributed by atoms with van der Waals surface area (Å²) in [6.07, 6.45) is 0. The van der Waals surface area contributed by atoms with E-state index in [4.69, 9.17) is 4.74 Å². The Labute approximate surface area is 130 Å². The van der Waals surface area contributed by atoms with Gasteiger partial charge in [0, 0.05) is 21.9 Å². The fraction of sp³-hybridized carbons (Fsp3) is 0.133. The third kappa shape index (κ3) is 4.46. The third-order valence-electron chi connectivity index (χ3n) is 2.73. The number of methoxy groups -OCH3 is 1. The molecule has 0 bridgehead atoms. The smallest absolute Gasteiger partial charge is 0.243 e. The van der Waals surface area contributed by atoms with Crippen LogP contribution in [0.1, 0.15) is 0 Å². The Balaban J connectivity index is 1.89. The first kappa shape index (κ1) is 15.3. The van der Waals surface area contributed by atoms with Crippen molar-refractivity contribution in [1.29, 1.82) is 0 Å². The van der Waals surface area contributed by atoms with Crippen molar-refractivity contribution in [3.63, 3.8) is 0 Å². The molecule has 2 rings (SSSR count). The molecule has 2 aromatic rings. The van der Waals surface area contributed by atoms with E-state index in [0.717, 1.165) is 4.47 Å². The maximum atomic E-state index is 13.5. The van der Waals surface area contributed by atoms with Gasteiger partial charge < -0.3 is 15.4 Å². The monoisotopic (exact) mass is 352 g/mol. The number of carbonyl (C=O) groups excluding carboxylic acids is 1. The lowest BCUT2D eigenvalue weighted by atomic mass is 10.3. The number of rotatable bonds is 5. The van der Waals surface area contributed by atoms with Crippen LogP contribution in [0, 0.1) is 5.82 Å². The molecule has 0 unspecified atom stereocenters. The van der Waals surface area contributed by atoms with Crippen molar-refractivity contribution in [3.05, 3.63) is 52.8 Å². The van der Waals surface area contributed by atoms with E-state index in [9.17, 15) is 9.18 Å². The molecule has 0 aliphatic carbocycles. The van der Waals surface area contributed by atoms with E-state index in [2.05, 4.69) is 26.6 Å². The van der Waals surface area contributed by atoms with Gasteiger partial charge in [0.1, 0.15) is 0 Å². The summed E-state index contributed by atoms with van der Waals surface area (Å²) in [6, 6.07) is 11.7. The summed E-state index contributed by atoms with van der Waals surface area (Å²) in [7, 11) is 1.40. The van der Waals surface area contributed by atoms with E-state index < -0.39 is 5.82 Å². The SMILES string of the molecule is COc1ccc(NCC(=O)Nc2ccc(Br)cc2)cc1F. The molecule has 6 heteroatoms. The van der Waals surface area contributed by atoms with Crippen molar-refractivity contribution in [3.8, 4) is 5.75 Å². The van der Waals surface area contributed by atoms with Crippen LogP contribution in [-0.2, 0) is 4.79 Å². The number of halogens is 2. The summed E-state index contributed by atoms with van der Waals surface area (Å²) < 4.78 is 19.3. The summed E-state index contributed by atoms with van der Waals surface area (Å²) in [5.41, 5.74) is 1.21. The molecule has 2 N–H and O–H groups in total. The minimum atomic E-state index is -0.476. The number of anilines is 2. The highest BCUT2D eigenvalue weighted by molar-refractivity contribution is 9.10. The van der Waals surface area contributed by atoms with Gasteiger partial charge in [0.15, 0.2) is 11.6 Å². The minimum absolute atomic E-state index is 0.0435. The summed E-state index contributed by atoms with van der Waals surface area (Å²) in [5.74, 6) is -0.524. The fourth-order valence-corrected chi connectivity index (χ4v) is 1.96. The quantitative estimate of drug-likeness (QED) is 0.863. The number of amides is 1. The molecule has 0 aliphatic heterocycles. The van der Waals surface area contributed by atoms with E-state index in [1.54, 1.807) is 18.2 Å². The average molecular weight is 353 g/mol. The first-order valence-corrected chi connectivity index (χ1v) is 7.00. The van der Waals surface area contributed by atoms with Gasteiger partial charge in [-0.25, -0.2) is 4.39 Å². The molecule has 0 atom stereocenters. The summed E-state index contributed by atoms with van der Waals surface area (Å²) in [4.78, 5) is 11.8. The van der Waals surface area contributed by atoms with Gasteiger partial charge in [-0.15, -0.1) is 0 Å². The second kappa shape index (κ2) is 7.08. The molecule has 0 heterocycles. The van der Waals surface area contributed by atoms with Gasteiger partial charge in [-0.1, -0.05) is 15.9 Å². The van der Waals surface area contributed by atoms with Crippen molar-refractivity contribution in [2.45, 2.75) is 0 Å². The minimum Gasteiger partial charge on any atom is -0.494 e. The van der Waals surface area contributed by atoms with Crippen molar-refractivity contribution in [1.82, 2.24) is 0 Å². The first-order valence-electron chi connectivity index (χ1n) is 6.21. The predicted octanol–water partition coefficient (Wildman–Crippen LogP) is 3.65. The molecule has 1 amide bonds. The van der Waals surface area contributed by atoms with Crippen LogP contribution in [0.4, 0.5) is 15.8 Å². The molecule has 0 aromatic heterocycles. The zero-order valence-corrected chi connectivity index (χ0v) is 12.9. The Bertz CT molecular complexity index is 632. The number of hydrogen-bond acceptors (Lipinski definition) is 3. The van der Waals surface area contributed by atoms with Crippen molar-refractivity contribution >= 4 is 33.2 Å². The molecule has 0 aliphatic rings. The number of nitrogens with one attached hydrogen (secondary N) is 2. The fourth-order valence-electron chi connectivity index (χ4n) is 1.70. The number of ether oxygens (including phenoxy) is 1. The van der Waals surface area contributed by atoms with Crippen molar-refractivity contribution < 1.29 is 13.9 Å². The maximum absolute atomic E-state index is 13.5. The Kier molecular flexibility index (Phi) is 5.16. The van der Waals surface area contributed by atoms with Gasteiger partial charge in [0.25, 0.3) is 0 Å². The van der Waals surface area contributed by atoms with E-state index in [-0.39, 0.29) is 18.2 Å². The van der Waals surface area contributed by atoms with Crippen LogP contribution in [0.25, 0.3) is 0 Å². The zero-order chi connectivity index (χ0) is 15.2. The molecule has 110 valence electrons. The lowest BCUT2D eigenvalue weighted by Gasteiger charge is -2.09. The van der Waals surface area contributed by atoms with Crippen LogP contribution in [0.5, 0.6) is 5.75 Å². The molecule has 2 aromatic carbocycles. The van der Waals surface area contributed by atoms with E-state index in [1.807, 2.05) is 12.1 Å². The van der Waals surface area contributed by atoms with Crippen LogP contribution in [0.2, 0.25) is 0 Å². The lowest BCUT2D eigenvalue weighted by molar-refractivity contribution is -0.114. The second-order valence-corrected chi connectivity index (χ2v) is 5.17. The molecule has 0 fully saturated rings. The van der Waals surface area contributed by atoms with Crippen LogP contribution in [-0.4, -0.2) is 19.6 Å². The van der Waals surface area contributed by atoms with Gasteiger partial charge in [-0.3, -0.25) is 4.79 Å². The molecule has 0 saturated carbocycles. The summed E-state index contributed by atoms with van der Waals surface area (Å²) in [5, 5.41) is 5.59. The first-order chi connectivity index (χ1) is 10.1. The average Bonchev–Trinajstić information content (AvgIpc) is 2.48. The van der Waals surface area contributed by atoms with E-state index in [0.29, 0.717) is 11.4 Å². The Hall–Kier alpha value is -2.08. The van der Waals surface area contributed by atoms with Gasteiger partial charge in [-0.2, -0.15) is 0 Å². The van der Waals surface area contributed by atoms with Crippen molar-refractivity contribution in [2.75, 3.05) is 24.3 Å². The van der Waals surface area contributed by atoms with Crippen LogP contribution >= 0.6 is 15.9 Å². The van der Waals surface area contributed by atoms with E-state index >= 15 is 0 Å². The Morgan fingerprint density at radius 1 is 1.19 bits per heavy atom. The normalized spacial score (nSPS) is 10.0.